The summed E-state index contributed by atoms with van der Waals surface area (Å²) in [5.74, 6) is 1.03. The van der Waals surface area contributed by atoms with Gasteiger partial charge >= 0.3 is 0 Å². The van der Waals surface area contributed by atoms with Gasteiger partial charge in [-0.2, -0.15) is 0 Å². The highest BCUT2D eigenvalue weighted by atomic mass is 79.9. The van der Waals surface area contributed by atoms with Crippen LogP contribution in [0.3, 0.4) is 0 Å². The molecule has 2 nitrogen and oxygen atoms in total. The molecular weight excluding hydrogens is 394 g/mol. The van der Waals surface area contributed by atoms with Crippen LogP contribution in [-0.2, 0) is 12.8 Å². The Morgan fingerprint density at radius 2 is 1.90 bits per heavy atom. The van der Waals surface area contributed by atoms with Gasteiger partial charge in [0.2, 0.25) is 0 Å². The second-order valence-electron chi connectivity index (χ2n) is 5.52. The predicted molar refractivity (Wildman–Crippen MR) is 92.9 cm³/mol. The summed E-state index contributed by atoms with van der Waals surface area (Å²) in [7, 11) is 0. The fraction of sp³-hybridized carbons (Fsp3) is 0.294. The number of halogens is 2. The lowest BCUT2D eigenvalue weighted by atomic mass is 9.96. The highest BCUT2D eigenvalue weighted by molar-refractivity contribution is 9.10. The summed E-state index contributed by atoms with van der Waals surface area (Å²) in [5, 5.41) is 0. The van der Waals surface area contributed by atoms with Crippen molar-refractivity contribution in [3.8, 4) is 5.75 Å². The van der Waals surface area contributed by atoms with E-state index in [0.29, 0.717) is 0 Å². The van der Waals surface area contributed by atoms with Crippen LogP contribution in [-0.4, -0.2) is 6.61 Å². The van der Waals surface area contributed by atoms with E-state index in [0.717, 1.165) is 39.7 Å². The molecule has 4 heteroatoms. The molecule has 1 atom stereocenters. The third-order valence-corrected chi connectivity index (χ3v) is 4.67. The van der Waals surface area contributed by atoms with Crippen molar-refractivity contribution in [2.75, 3.05) is 6.61 Å². The molecule has 2 aromatic rings. The lowest BCUT2D eigenvalue weighted by Crippen LogP contribution is -2.14. The molecule has 110 valence electrons. The molecule has 0 amide bonds. The number of hydrogen-bond acceptors (Lipinski definition) is 2. The largest absolute Gasteiger partial charge is 0.493 e. The summed E-state index contributed by atoms with van der Waals surface area (Å²) in [5.41, 5.74) is 11.2. The standard InChI is InChI=1S/C17H17Br2NO/c1-10-4-12(7-14(18)5-10)16(20)9-13-8-15(19)6-11-2-3-21-17(11)13/h4-8,16H,2-3,9,20H2,1H3. The Kier molecular flexibility index (Phi) is 4.38. The Morgan fingerprint density at radius 3 is 2.67 bits per heavy atom. The molecule has 0 saturated carbocycles. The van der Waals surface area contributed by atoms with Crippen molar-refractivity contribution in [1.82, 2.24) is 0 Å². The minimum absolute atomic E-state index is 0.0381. The Balaban J connectivity index is 1.90. The minimum atomic E-state index is -0.0381. The average molecular weight is 411 g/mol. The first kappa shape index (κ1) is 15.1. The summed E-state index contributed by atoms with van der Waals surface area (Å²) in [6, 6.07) is 10.6. The molecule has 0 aromatic heterocycles. The first-order chi connectivity index (χ1) is 10.0. The second kappa shape index (κ2) is 6.11. The number of aryl methyl sites for hydroxylation is 1. The van der Waals surface area contributed by atoms with E-state index in [-0.39, 0.29) is 6.04 Å². The molecule has 0 fully saturated rings. The van der Waals surface area contributed by atoms with Crippen LogP contribution in [0.1, 0.15) is 28.3 Å². The fourth-order valence-corrected chi connectivity index (χ4v) is 4.01. The van der Waals surface area contributed by atoms with Crippen molar-refractivity contribution in [1.29, 1.82) is 0 Å². The minimum Gasteiger partial charge on any atom is -0.493 e. The van der Waals surface area contributed by atoms with Crippen molar-refractivity contribution >= 4 is 31.9 Å². The van der Waals surface area contributed by atoms with E-state index in [2.05, 4.69) is 69.1 Å². The van der Waals surface area contributed by atoms with E-state index in [4.69, 9.17) is 10.5 Å². The molecule has 0 spiro atoms. The molecule has 1 unspecified atom stereocenters. The number of fused-ring (bicyclic) bond motifs is 1. The molecule has 2 N–H and O–H groups in total. The number of nitrogens with two attached hydrogens (primary N) is 1. The maximum Gasteiger partial charge on any atom is 0.125 e. The van der Waals surface area contributed by atoms with E-state index >= 15 is 0 Å². The van der Waals surface area contributed by atoms with Crippen LogP contribution >= 0.6 is 31.9 Å². The number of rotatable bonds is 3. The zero-order chi connectivity index (χ0) is 15.0. The summed E-state index contributed by atoms with van der Waals surface area (Å²) >= 11 is 7.12. The molecule has 21 heavy (non-hydrogen) atoms. The van der Waals surface area contributed by atoms with Crippen molar-refractivity contribution in [3.05, 3.63) is 61.5 Å². The van der Waals surface area contributed by atoms with Gasteiger partial charge in [0.1, 0.15) is 5.75 Å². The molecule has 1 aliphatic rings. The van der Waals surface area contributed by atoms with E-state index in [1.54, 1.807) is 0 Å². The third-order valence-electron chi connectivity index (χ3n) is 3.76. The summed E-state index contributed by atoms with van der Waals surface area (Å²) < 4.78 is 7.95. The van der Waals surface area contributed by atoms with E-state index < -0.39 is 0 Å². The van der Waals surface area contributed by atoms with E-state index in [9.17, 15) is 0 Å². The second-order valence-corrected chi connectivity index (χ2v) is 7.36. The third kappa shape index (κ3) is 3.33. The van der Waals surface area contributed by atoms with Crippen LogP contribution in [0.2, 0.25) is 0 Å². The molecule has 3 rings (SSSR count). The monoisotopic (exact) mass is 409 g/mol. The smallest absolute Gasteiger partial charge is 0.125 e. The maximum atomic E-state index is 6.42. The highest BCUT2D eigenvalue weighted by Crippen LogP contribution is 2.35. The Labute approximate surface area is 141 Å². The molecule has 0 bridgehead atoms. The molecule has 0 saturated heterocycles. The van der Waals surface area contributed by atoms with Crippen molar-refractivity contribution < 1.29 is 4.74 Å². The van der Waals surface area contributed by atoms with Gasteiger partial charge in [-0.15, -0.1) is 0 Å². The van der Waals surface area contributed by atoms with E-state index in [1.165, 1.54) is 16.7 Å². The van der Waals surface area contributed by atoms with Crippen LogP contribution in [0.4, 0.5) is 0 Å². The van der Waals surface area contributed by atoms with Crippen LogP contribution in [0.5, 0.6) is 5.75 Å². The van der Waals surface area contributed by atoms with Gasteiger partial charge in [-0.1, -0.05) is 37.9 Å². The van der Waals surface area contributed by atoms with Gasteiger partial charge in [-0.3, -0.25) is 0 Å². The van der Waals surface area contributed by atoms with Crippen molar-refractivity contribution in [3.63, 3.8) is 0 Å². The van der Waals surface area contributed by atoms with Gasteiger partial charge in [0.05, 0.1) is 6.61 Å². The lowest BCUT2D eigenvalue weighted by Gasteiger charge is -2.16. The topological polar surface area (TPSA) is 35.2 Å². The van der Waals surface area contributed by atoms with Gasteiger partial charge in [0.15, 0.2) is 0 Å². The predicted octanol–water partition coefficient (Wildman–Crippen LogP) is 4.70. The van der Waals surface area contributed by atoms with Gasteiger partial charge in [-0.05, 0) is 59.9 Å². The Bertz CT molecular complexity index is 664. The molecule has 0 radical (unpaired) electrons. The van der Waals surface area contributed by atoms with Crippen molar-refractivity contribution in [2.24, 2.45) is 5.73 Å². The number of benzene rings is 2. The molecule has 2 aromatic carbocycles. The average Bonchev–Trinajstić information content (AvgIpc) is 2.85. The Morgan fingerprint density at radius 1 is 1.14 bits per heavy atom. The molecule has 1 heterocycles. The van der Waals surface area contributed by atoms with Crippen LogP contribution < -0.4 is 10.5 Å². The fourth-order valence-electron chi connectivity index (χ4n) is 2.83. The molecule has 1 aliphatic heterocycles. The Hall–Kier alpha value is -0.840. The highest BCUT2D eigenvalue weighted by Gasteiger charge is 2.19. The van der Waals surface area contributed by atoms with Gasteiger partial charge in [0, 0.05) is 21.4 Å². The normalized spacial score (nSPS) is 14.7. The van der Waals surface area contributed by atoms with Crippen LogP contribution in [0, 0.1) is 6.92 Å². The van der Waals surface area contributed by atoms with Gasteiger partial charge < -0.3 is 10.5 Å². The first-order valence-corrected chi connectivity index (χ1v) is 8.58. The van der Waals surface area contributed by atoms with Gasteiger partial charge in [0.25, 0.3) is 0 Å². The van der Waals surface area contributed by atoms with Crippen LogP contribution in [0.15, 0.2) is 39.3 Å². The molecule has 0 aliphatic carbocycles. The SMILES string of the molecule is Cc1cc(Br)cc(C(N)Cc2cc(Br)cc3c2OCC3)c1. The number of hydrogen-bond donors (Lipinski definition) is 1. The van der Waals surface area contributed by atoms with E-state index in [1.807, 2.05) is 0 Å². The first-order valence-electron chi connectivity index (χ1n) is 6.99. The maximum absolute atomic E-state index is 6.42. The van der Waals surface area contributed by atoms with Gasteiger partial charge in [-0.25, -0.2) is 0 Å². The zero-order valence-corrected chi connectivity index (χ0v) is 15.0. The summed E-state index contributed by atoms with van der Waals surface area (Å²) in [6.45, 7) is 2.85. The van der Waals surface area contributed by atoms with Crippen LogP contribution in [0.25, 0.3) is 0 Å². The lowest BCUT2D eigenvalue weighted by molar-refractivity contribution is 0.352. The zero-order valence-electron chi connectivity index (χ0n) is 11.8. The number of ether oxygens (including phenoxy) is 1. The quantitative estimate of drug-likeness (QED) is 0.795. The van der Waals surface area contributed by atoms with Crippen molar-refractivity contribution in [2.45, 2.75) is 25.8 Å². The summed E-state index contributed by atoms with van der Waals surface area (Å²) in [4.78, 5) is 0. The summed E-state index contributed by atoms with van der Waals surface area (Å²) in [6.07, 6.45) is 1.75. The molecular formula is C17H17Br2NO.